The molecule has 1 N–H and O–H groups in total. The number of anilines is 1. The van der Waals surface area contributed by atoms with E-state index in [1.165, 1.54) is 11.3 Å². The lowest BCUT2D eigenvalue weighted by Gasteiger charge is -2.06. The van der Waals surface area contributed by atoms with Crippen LogP contribution in [0, 0.1) is 11.3 Å². The van der Waals surface area contributed by atoms with Crippen LogP contribution in [0.15, 0.2) is 53.2 Å². The van der Waals surface area contributed by atoms with E-state index in [-0.39, 0.29) is 5.91 Å². The van der Waals surface area contributed by atoms with Crippen molar-refractivity contribution in [2.45, 2.75) is 6.61 Å². The molecule has 6 heteroatoms. The van der Waals surface area contributed by atoms with Crippen molar-refractivity contribution >= 4 is 33.6 Å². The van der Waals surface area contributed by atoms with Gasteiger partial charge >= 0.3 is 0 Å². The second-order valence-electron chi connectivity index (χ2n) is 4.62. The Bertz CT molecular complexity index is 830. The standard InChI is InChI=1S/C17H12N2O2S2/c18-10-13-7-9-23-17(13)19-16(20)12-3-5-14(6-4-12)21-11-15-2-1-8-22-15/h1-9H,11H2,(H,19,20). The Labute approximate surface area is 141 Å². The smallest absolute Gasteiger partial charge is 0.256 e. The van der Waals surface area contributed by atoms with Crippen LogP contribution in [-0.2, 0) is 6.61 Å². The molecule has 3 aromatic rings. The lowest BCUT2D eigenvalue weighted by atomic mass is 10.2. The number of carbonyl (C=O) groups excluding carboxylic acids is 1. The number of thiophene rings is 2. The van der Waals surface area contributed by atoms with Crippen molar-refractivity contribution in [1.29, 1.82) is 5.26 Å². The molecule has 0 aliphatic heterocycles. The van der Waals surface area contributed by atoms with Gasteiger partial charge in [-0.1, -0.05) is 6.07 Å². The van der Waals surface area contributed by atoms with Crippen molar-refractivity contribution in [2.24, 2.45) is 0 Å². The SMILES string of the molecule is N#Cc1ccsc1NC(=O)c1ccc(OCc2cccs2)cc1. The van der Waals surface area contributed by atoms with Gasteiger partial charge in [0.1, 0.15) is 23.4 Å². The first kappa shape index (κ1) is 15.3. The Morgan fingerprint density at radius 2 is 1.96 bits per heavy atom. The maximum Gasteiger partial charge on any atom is 0.256 e. The maximum atomic E-state index is 12.2. The fraction of sp³-hybridized carbons (Fsp3) is 0.0588. The van der Waals surface area contributed by atoms with E-state index >= 15 is 0 Å². The molecular weight excluding hydrogens is 328 g/mol. The molecule has 0 unspecified atom stereocenters. The zero-order valence-electron chi connectivity index (χ0n) is 12.0. The molecule has 0 aliphatic rings. The average molecular weight is 340 g/mol. The summed E-state index contributed by atoms with van der Waals surface area (Å²) in [5.74, 6) is 0.470. The van der Waals surface area contributed by atoms with Crippen LogP contribution >= 0.6 is 22.7 Å². The topological polar surface area (TPSA) is 62.1 Å². The van der Waals surface area contributed by atoms with Crippen LogP contribution in [0.1, 0.15) is 20.8 Å². The minimum absolute atomic E-state index is 0.242. The number of benzene rings is 1. The van der Waals surface area contributed by atoms with Gasteiger partial charge in [0, 0.05) is 10.4 Å². The Hall–Kier alpha value is -2.62. The van der Waals surface area contributed by atoms with E-state index < -0.39 is 0 Å². The number of rotatable bonds is 5. The Morgan fingerprint density at radius 3 is 2.65 bits per heavy atom. The van der Waals surface area contributed by atoms with Crippen LogP contribution in [0.3, 0.4) is 0 Å². The second kappa shape index (κ2) is 7.09. The van der Waals surface area contributed by atoms with Crippen molar-refractivity contribution in [1.82, 2.24) is 0 Å². The lowest BCUT2D eigenvalue weighted by molar-refractivity contribution is 0.102. The summed E-state index contributed by atoms with van der Waals surface area (Å²) in [6.07, 6.45) is 0. The van der Waals surface area contributed by atoms with E-state index in [1.807, 2.05) is 23.6 Å². The number of hydrogen-bond donors (Lipinski definition) is 1. The number of nitrogens with zero attached hydrogens (tertiary/aromatic N) is 1. The van der Waals surface area contributed by atoms with Gasteiger partial charge in [-0.3, -0.25) is 4.79 Å². The van der Waals surface area contributed by atoms with Crippen LogP contribution in [-0.4, -0.2) is 5.91 Å². The van der Waals surface area contributed by atoms with E-state index in [0.717, 1.165) is 4.88 Å². The molecule has 3 rings (SSSR count). The van der Waals surface area contributed by atoms with E-state index in [0.29, 0.717) is 28.5 Å². The maximum absolute atomic E-state index is 12.2. The second-order valence-corrected chi connectivity index (χ2v) is 6.57. The summed E-state index contributed by atoms with van der Waals surface area (Å²) in [6.45, 7) is 0.518. The number of carbonyl (C=O) groups is 1. The molecule has 114 valence electrons. The third-order valence-corrected chi connectivity index (χ3v) is 4.77. The molecule has 2 heterocycles. The third-order valence-electron chi connectivity index (χ3n) is 3.09. The Kier molecular flexibility index (Phi) is 4.71. The molecule has 0 spiro atoms. The normalized spacial score (nSPS) is 10.0. The van der Waals surface area contributed by atoms with Crippen LogP contribution in [0.25, 0.3) is 0 Å². The zero-order valence-corrected chi connectivity index (χ0v) is 13.6. The van der Waals surface area contributed by atoms with Crippen LogP contribution in [0.2, 0.25) is 0 Å². The predicted molar refractivity (Wildman–Crippen MR) is 92.1 cm³/mol. The van der Waals surface area contributed by atoms with E-state index in [4.69, 9.17) is 10.00 Å². The fourth-order valence-electron chi connectivity index (χ4n) is 1.92. The van der Waals surface area contributed by atoms with Gasteiger partial charge in [-0.05, 0) is 47.2 Å². The summed E-state index contributed by atoms with van der Waals surface area (Å²) in [5, 5.41) is 16.0. The number of nitrogens with one attached hydrogen (secondary N) is 1. The molecule has 0 saturated heterocycles. The van der Waals surface area contributed by atoms with Gasteiger partial charge in [-0.25, -0.2) is 0 Å². The molecule has 2 aromatic heterocycles. The molecule has 23 heavy (non-hydrogen) atoms. The largest absolute Gasteiger partial charge is 0.488 e. The third kappa shape index (κ3) is 3.77. The molecule has 0 saturated carbocycles. The van der Waals surface area contributed by atoms with Gasteiger partial charge in [0.25, 0.3) is 5.91 Å². The number of amides is 1. The quantitative estimate of drug-likeness (QED) is 0.743. The molecule has 4 nitrogen and oxygen atoms in total. The monoisotopic (exact) mass is 340 g/mol. The summed E-state index contributed by atoms with van der Waals surface area (Å²) in [6, 6.07) is 14.7. The number of ether oxygens (including phenoxy) is 1. The average Bonchev–Trinajstić information content (AvgIpc) is 3.24. The van der Waals surface area contributed by atoms with E-state index in [2.05, 4.69) is 5.32 Å². The highest BCUT2D eigenvalue weighted by Gasteiger charge is 2.10. The highest BCUT2D eigenvalue weighted by molar-refractivity contribution is 7.14. The molecule has 0 radical (unpaired) electrons. The van der Waals surface area contributed by atoms with E-state index in [1.54, 1.807) is 47.0 Å². The van der Waals surface area contributed by atoms with E-state index in [9.17, 15) is 4.79 Å². The first-order valence-electron chi connectivity index (χ1n) is 6.80. The molecule has 1 amide bonds. The van der Waals surface area contributed by atoms with Crippen LogP contribution in [0.4, 0.5) is 5.00 Å². The minimum Gasteiger partial charge on any atom is -0.488 e. The number of nitriles is 1. The summed E-state index contributed by atoms with van der Waals surface area (Å²) in [4.78, 5) is 13.3. The Balaban J connectivity index is 1.62. The van der Waals surface area contributed by atoms with Crippen LogP contribution < -0.4 is 10.1 Å². The molecule has 1 aromatic carbocycles. The number of hydrogen-bond acceptors (Lipinski definition) is 5. The summed E-state index contributed by atoms with van der Waals surface area (Å²) >= 11 is 2.97. The summed E-state index contributed by atoms with van der Waals surface area (Å²) < 4.78 is 5.67. The fourth-order valence-corrected chi connectivity index (χ4v) is 3.27. The molecule has 0 fully saturated rings. The molecule has 0 atom stereocenters. The first-order chi connectivity index (χ1) is 11.3. The summed E-state index contributed by atoms with van der Waals surface area (Å²) in [7, 11) is 0. The van der Waals surface area contributed by atoms with Gasteiger partial charge < -0.3 is 10.1 Å². The van der Waals surface area contributed by atoms with Gasteiger partial charge in [0.15, 0.2) is 0 Å². The van der Waals surface area contributed by atoms with Gasteiger partial charge in [-0.15, -0.1) is 22.7 Å². The zero-order chi connectivity index (χ0) is 16.1. The van der Waals surface area contributed by atoms with Crippen molar-refractivity contribution in [3.8, 4) is 11.8 Å². The Morgan fingerprint density at radius 1 is 1.13 bits per heavy atom. The molecular formula is C17H12N2O2S2. The highest BCUT2D eigenvalue weighted by Crippen LogP contribution is 2.23. The summed E-state index contributed by atoms with van der Waals surface area (Å²) in [5.41, 5.74) is 0.991. The van der Waals surface area contributed by atoms with Crippen molar-refractivity contribution < 1.29 is 9.53 Å². The molecule has 0 bridgehead atoms. The molecule has 0 aliphatic carbocycles. The highest BCUT2D eigenvalue weighted by atomic mass is 32.1. The van der Waals surface area contributed by atoms with Crippen LogP contribution in [0.5, 0.6) is 5.75 Å². The predicted octanol–water partition coefficient (Wildman–Crippen LogP) is 4.51. The first-order valence-corrected chi connectivity index (χ1v) is 8.56. The van der Waals surface area contributed by atoms with Crippen molar-refractivity contribution in [3.05, 3.63) is 69.2 Å². The van der Waals surface area contributed by atoms with Gasteiger partial charge in [0.2, 0.25) is 0 Å². The van der Waals surface area contributed by atoms with Crippen molar-refractivity contribution in [3.63, 3.8) is 0 Å². The van der Waals surface area contributed by atoms with Gasteiger partial charge in [0.05, 0.1) is 5.56 Å². The van der Waals surface area contributed by atoms with Gasteiger partial charge in [-0.2, -0.15) is 5.26 Å². The lowest BCUT2D eigenvalue weighted by Crippen LogP contribution is -2.11. The van der Waals surface area contributed by atoms with Crippen molar-refractivity contribution in [2.75, 3.05) is 5.32 Å². The minimum atomic E-state index is -0.242.